The van der Waals surface area contributed by atoms with Crippen LogP contribution in [-0.2, 0) is 4.79 Å². The van der Waals surface area contributed by atoms with Gasteiger partial charge in [-0.3, -0.25) is 4.79 Å². The van der Waals surface area contributed by atoms with E-state index in [1.807, 2.05) is 25.1 Å². The number of amides is 1. The highest BCUT2D eigenvalue weighted by Crippen LogP contribution is 2.28. The number of rotatable bonds is 5. The minimum atomic E-state index is -0.208. The Morgan fingerprint density at radius 1 is 1.26 bits per heavy atom. The lowest BCUT2D eigenvalue weighted by atomic mass is 10.2. The Morgan fingerprint density at radius 2 is 1.96 bits per heavy atom. The van der Waals surface area contributed by atoms with E-state index in [1.54, 1.807) is 31.4 Å². The molecule has 0 unspecified atom stereocenters. The topological polar surface area (TPSA) is 66.2 Å². The van der Waals surface area contributed by atoms with Gasteiger partial charge < -0.3 is 25.0 Å². The van der Waals surface area contributed by atoms with Gasteiger partial charge in [0.15, 0.2) is 6.04 Å². The van der Waals surface area contributed by atoms with Crippen LogP contribution in [0.2, 0.25) is 5.02 Å². The number of aromatic hydroxyl groups is 1. The van der Waals surface area contributed by atoms with E-state index in [0.717, 1.165) is 31.9 Å². The summed E-state index contributed by atoms with van der Waals surface area (Å²) in [6.07, 6.45) is 0. The van der Waals surface area contributed by atoms with Crippen LogP contribution in [0, 0.1) is 0 Å². The number of hydrogen-bond acceptors (Lipinski definition) is 4. The Kier molecular flexibility index (Phi) is 6.08. The second-order valence-electron chi connectivity index (χ2n) is 6.69. The first-order chi connectivity index (χ1) is 13.0. The number of nitrogens with zero attached hydrogens (tertiary/aromatic N) is 1. The van der Waals surface area contributed by atoms with Crippen LogP contribution in [-0.4, -0.2) is 50.3 Å². The van der Waals surface area contributed by atoms with E-state index in [1.165, 1.54) is 4.90 Å². The molecule has 0 spiro atoms. The lowest BCUT2D eigenvalue weighted by Crippen LogP contribution is -3.19. The fraction of sp³-hybridized carbons (Fsp3) is 0.350. The molecule has 144 valence electrons. The molecule has 1 amide bonds. The number of anilines is 2. The zero-order valence-electron chi connectivity index (χ0n) is 15.5. The molecule has 1 aliphatic rings. The molecule has 0 saturated carbocycles. The van der Waals surface area contributed by atoms with Crippen LogP contribution in [0.4, 0.5) is 11.4 Å². The van der Waals surface area contributed by atoms with Crippen LogP contribution >= 0.6 is 11.6 Å². The highest BCUT2D eigenvalue weighted by molar-refractivity contribution is 6.31. The number of phenolic OH excluding ortho intramolecular Hbond substituents is 1. The molecule has 3 N–H and O–H groups in total. The van der Waals surface area contributed by atoms with Crippen molar-refractivity contribution < 1.29 is 19.5 Å². The molecule has 0 aliphatic carbocycles. The maximum Gasteiger partial charge on any atom is 0.282 e. The molecule has 0 bridgehead atoms. The Balaban J connectivity index is 1.61. The second kappa shape index (κ2) is 8.50. The Morgan fingerprint density at radius 3 is 2.63 bits per heavy atom. The molecule has 6 nitrogen and oxygen atoms in total. The lowest BCUT2D eigenvalue weighted by molar-refractivity contribution is -0.914. The molecule has 2 aromatic carbocycles. The summed E-state index contributed by atoms with van der Waals surface area (Å²) in [6.45, 7) is 5.12. The highest BCUT2D eigenvalue weighted by atomic mass is 35.5. The Hall–Kier alpha value is -2.44. The van der Waals surface area contributed by atoms with Crippen molar-refractivity contribution in [2.75, 3.05) is 43.5 Å². The molecular weight excluding hydrogens is 366 g/mol. The Labute approximate surface area is 164 Å². The van der Waals surface area contributed by atoms with Crippen molar-refractivity contribution in [1.82, 2.24) is 0 Å². The van der Waals surface area contributed by atoms with E-state index >= 15 is 0 Å². The number of para-hydroxylation sites is 2. The number of nitrogens with one attached hydrogen (secondary N) is 2. The first-order valence-electron chi connectivity index (χ1n) is 9.01. The molecule has 1 aliphatic heterocycles. The van der Waals surface area contributed by atoms with Crippen molar-refractivity contribution in [2.45, 2.75) is 13.0 Å². The van der Waals surface area contributed by atoms with Crippen molar-refractivity contribution in [3.8, 4) is 11.5 Å². The van der Waals surface area contributed by atoms with Gasteiger partial charge in [0.05, 0.1) is 44.7 Å². The third-order valence-electron chi connectivity index (χ3n) is 5.05. The molecule has 7 heteroatoms. The minimum Gasteiger partial charge on any atom is -0.506 e. The second-order valence-corrected chi connectivity index (χ2v) is 7.13. The number of hydrogen-bond donors (Lipinski definition) is 3. The predicted octanol–water partition coefficient (Wildman–Crippen LogP) is 1.79. The molecule has 1 atom stereocenters. The molecule has 0 radical (unpaired) electrons. The van der Waals surface area contributed by atoms with E-state index in [0.29, 0.717) is 22.2 Å². The number of halogens is 1. The molecule has 1 fully saturated rings. The van der Waals surface area contributed by atoms with Gasteiger partial charge in [0, 0.05) is 5.02 Å². The van der Waals surface area contributed by atoms with Crippen LogP contribution in [0.5, 0.6) is 11.5 Å². The number of carbonyl (C=O) groups excluding carboxylic acids is 1. The Bertz CT molecular complexity index is 807. The number of piperazine rings is 1. The summed E-state index contributed by atoms with van der Waals surface area (Å²) in [4.78, 5) is 16.1. The fourth-order valence-corrected chi connectivity index (χ4v) is 3.58. The average molecular weight is 391 g/mol. The van der Waals surface area contributed by atoms with Crippen LogP contribution in [0.3, 0.4) is 0 Å². The van der Waals surface area contributed by atoms with E-state index in [-0.39, 0.29) is 11.9 Å². The summed E-state index contributed by atoms with van der Waals surface area (Å²) >= 11 is 6.03. The third-order valence-corrected chi connectivity index (χ3v) is 5.29. The van der Waals surface area contributed by atoms with Gasteiger partial charge in [0.2, 0.25) is 0 Å². The van der Waals surface area contributed by atoms with Crippen molar-refractivity contribution >= 4 is 28.9 Å². The number of ether oxygens (including phenoxy) is 1. The zero-order valence-corrected chi connectivity index (χ0v) is 16.3. The number of carbonyl (C=O) groups is 1. The number of quaternary nitrogens is 1. The van der Waals surface area contributed by atoms with Crippen molar-refractivity contribution in [2.24, 2.45) is 0 Å². The molecule has 3 rings (SSSR count). The molecular formula is C20H25ClN3O3+. The monoisotopic (exact) mass is 390 g/mol. The minimum absolute atomic E-state index is 0.0680. The molecule has 27 heavy (non-hydrogen) atoms. The van der Waals surface area contributed by atoms with Gasteiger partial charge in [-0.05, 0) is 37.3 Å². The smallest absolute Gasteiger partial charge is 0.282 e. The van der Waals surface area contributed by atoms with Gasteiger partial charge in [-0.1, -0.05) is 23.7 Å². The normalized spacial score (nSPS) is 16.0. The molecule has 2 aromatic rings. The number of methoxy groups -OCH3 is 1. The summed E-state index contributed by atoms with van der Waals surface area (Å²) in [5.41, 5.74) is 1.42. The first kappa shape index (κ1) is 19.3. The van der Waals surface area contributed by atoms with Crippen LogP contribution in [0.25, 0.3) is 0 Å². The van der Waals surface area contributed by atoms with Crippen LogP contribution < -0.4 is 19.9 Å². The highest BCUT2D eigenvalue weighted by Gasteiger charge is 2.30. The van der Waals surface area contributed by atoms with Crippen LogP contribution in [0.1, 0.15) is 6.92 Å². The van der Waals surface area contributed by atoms with Gasteiger partial charge in [-0.2, -0.15) is 0 Å². The van der Waals surface area contributed by atoms with Crippen molar-refractivity contribution in [3.63, 3.8) is 0 Å². The number of benzene rings is 2. The first-order valence-corrected chi connectivity index (χ1v) is 9.39. The average Bonchev–Trinajstić information content (AvgIpc) is 2.68. The SMILES string of the molecule is COc1ccc(Cl)cc1NC(=O)[C@@H](C)[NH+]1CCN(c2ccccc2O)CC1. The summed E-state index contributed by atoms with van der Waals surface area (Å²) in [7, 11) is 1.56. The largest absolute Gasteiger partial charge is 0.506 e. The summed E-state index contributed by atoms with van der Waals surface area (Å²) < 4.78 is 5.29. The van der Waals surface area contributed by atoms with E-state index in [9.17, 15) is 9.90 Å². The van der Waals surface area contributed by atoms with Gasteiger partial charge in [-0.25, -0.2) is 0 Å². The summed E-state index contributed by atoms with van der Waals surface area (Å²) in [6, 6.07) is 12.3. The van der Waals surface area contributed by atoms with Gasteiger partial charge in [0.1, 0.15) is 11.5 Å². The maximum atomic E-state index is 12.7. The third kappa shape index (κ3) is 4.46. The van der Waals surface area contributed by atoms with E-state index in [2.05, 4.69) is 10.2 Å². The number of phenols is 1. The molecule has 0 aromatic heterocycles. The van der Waals surface area contributed by atoms with Crippen LogP contribution in [0.15, 0.2) is 42.5 Å². The summed E-state index contributed by atoms with van der Waals surface area (Å²) in [5, 5.41) is 13.5. The maximum absolute atomic E-state index is 12.7. The quantitative estimate of drug-likeness (QED) is 0.728. The standard InChI is InChI=1S/C20H24ClN3O3/c1-14(20(26)22-16-13-15(21)7-8-19(16)27-2)23-9-11-24(12-10-23)17-5-3-4-6-18(17)25/h3-8,13-14,25H,9-12H2,1-2H3,(H,22,26)/p+1/t14-/m1/s1. The van der Waals surface area contributed by atoms with Crippen molar-refractivity contribution in [3.05, 3.63) is 47.5 Å². The van der Waals surface area contributed by atoms with E-state index < -0.39 is 0 Å². The molecule has 1 heterocycles. The van der Waals surface area contributed by atoms with Gasteiger partial charge in [0.25, 0.3) is 5.91 Å². The van der Waals surface area contributed by atoms with Crippen molar-refractivity contribution in [1.29, 1.82) is 0 Å². The fourth-order valence-electron chi connectivity index (χ4n) is 3.40. The van der Waals surface area contributed by atoms with Gasteiger partial charge >= 0.3 is 0 Å². The molecule has 1 saturated heterocycles. The predicted molar refractivity (Wildman–Crippen MR) is 107 cm³/mol. The van der Waals surface area contributed by atoms with E-state index in [4.69, 9.17) is 16.3 Å². The lowest BCUT2D eigenvalue weighted by Gasteiger charge is -2.36. The zero-order chi connectivity index (χ0) is 19.4. The summed E-state index contributed by atoms with van der Waals surface area (Å²) in [5.74, 6) is 0.806. The van der Waals surface area contributed by atoms with Gasteiger partial charge in [-0.15, -0.1) is 0 Å².